The molecule has 0 aromatic heterocycles. The minimum absolute atomic E-state index is 0.0703. The SMILES string of the molecule is C/C=C\C(=NC1CC(c2ccccc2)=CC=C1C)C(C)(C)C. The molecule has 1 aromatic rings. The second kappa shape index (κ2) is 6.91. The lowest BCUT2D eigenvalue weighted by Crippen LogP contribution is -2.22. The highest BCUT2D eigenvalue weighted by molar-refractivity contribution is 5.99. The van der Waals surface area contributed by atoms with Crippen molar-refractivity contribution < 1.29 is 0 Å². The van der Waals surface area contributed by atoms with E-state index in [1.165, 1.54) is 22.4 Å². The quantitative estimate of drug-likeness (QED) is 0.620. The predicted octanol–water partition coefficient (Wildman–Crippen LogP) is 5.85. The fourth-order valence-electron chi connectivity index (χ4n) is 2.61. The Bertz CT molecular complexity index is 622. The summed E-state index contributed by atoms with van der Waals surface area (Å²) in [4.78, 5) is 5.07. The summed E-state index contributed by atoms with van der Waals surface area (Å²) < 4.78 is 0. The van der Waals surface area contributed by atoms with E-state index in [0.29, 0.717) is 0 Å². The van der Waals surface area contributed by atoms with Crippen molar-refractivity contribution in [3.05, 3.63) is 65.8 Å². The van der Waals surface area contributed by atoms with Gasteiger partial charge in [-0.2, -0.15) is 0 Å². The first-order chi connectivity index (χ1) is 10.4. The summed E-state index contributed by atoms with van der Waals surface area (Å²) >= 11 is 0. The van der Waals surface area contributed by atoms with Crippen molar-refractivity contribution in [2.24, 2.45) is 10.4 Å². The van der Waals surface area contributed by atoms with Gasteiger partial charge in [0.15, 0.2) is 0 Å². The summed E-state index contributed by atoms with van der Waals surface area (Å²) in [5.74, 6) is 0. The van der Waals surface area contributed by atoms with Gasteiger partial charge in [0.1, 0.15) is 0 Å². The standard InChI is InChI=1S/C21H27N/c1-6-10-20(21(3,4)5)22-19-15-18(14-13-16(19)2)17-11-8-7-9-12-17/h6-14,19H,15H2,1-5H3/b10-6-,22-20?. The average molecular weight is 293 g/mol. The van der Waals surface area contributed by atoms with Crippen LogP contribution in [0.15, 0.2) is 65.2 Å². The zero-order chi connectivity index (χ0) is 16.2. The molecule has 116 valence electrons. The summed E-state index contributed by atoms with van der Waals surface area (Å²) in [5, 5.41) is 0. The number of nitrogens with zero attached hydrogens (tertiary/aromatic N) is 1. The summed E-state index contributed by atoms with van der Waals surface area (Å²) in [7, 11) is 0. The Morgan fingerprint density at radius 2 is 1.82 bits per heavy atom. The molecule has 0 radical (unpaired) electrons. The summed E-state index contributed by atoms with van der Waals surface area (Å²) in [6, 6.07) is 10.9. The van der Waals surface area contributed by atoms with Crippen LogP contribution in [0.25, 0.3) is 5.57 Å². The van der Waals surface area contributed by atoms with Crippen molar-refractivity contribution in [1.82, 2.24) is 0 Å². The van der Waals surface area contributed by atoms with Crippen LogP contribution < -0.4 is 0 Å². The smallest absolute Gasteiger partial charge is 0.0753 e. The molecule has 1 aliphatic carbocycles. The maximum Gasteiger partial charge on any atom is 0.0753 e. The van der Waals surface area contributed by atoms with E-state index in [1.807, 2.05) is 0 Å². The molecular formula is C21H27N. The maximum absolute atomic E-state index is 5.07. The van der Waals surface area contributed by atoms with Crippen molar-refractivity contribution in [3.8, 4) is 0 Å². The average Bonchev–Trinajstić information content (AvgIpc) is 2.49. The molecule has 1 heteroatoms. The van der Waals surface area contributed by atoms with E-state index in [0.717, 1.165) is 6.42 Å². The largest absolute Gasteiger partial charge is 0.281 e. The molecule has 1 aromatic carbocycles. The van der Waals surface area contributed by atoms with Crippen molar-refractivity contribution in [1.29, 1.82) is 0 Å². The number of aliphatic imine (C=N–C) groups is 1. The fourth-order valence-corrected chi connectivity index (χ4v) is 2.61. The molecule has 0 spiro atoms. The minimum atomic E-state index is 0.0703. The zero-order valence-electron chi connectivity index (χ0n) is 14.4. The van der Waals surface area contributed by atoms with Crippen LogP contribution >= 0.6 is 0 Å². The van der Waals surface area contributed by atoms with Gasteiger partial charge in [-0.1, -0.05) is 69.3 Å². The van der Waals surface area contributed by atoms with Gasteiger partial charge in [0, 0.05) is 11.1 Å². The second-order valence-corrected chi connectivity index (χ2v) is 6.95. The normalized spacial score (nSPS) is 20.0. The Morgan fingerprint density at radius 3 is 2.41 bits per heavy atom. The highest BCUT2D eigenvalue weighted by Crippen LogP contribution is 2.30. The van der Waals surface area contributed by atoms with Gasteiger partial charge >= 0.3 is 0 Å². The van der Waals surface area contributed by atoms with Gasteiger partial charge in [0.05, 0.1) is 6.04 Å². The molecule has 0 bridgehead atoms. The molecule has 0 saturated heterocycles. The molecule has 0 aliphatic heterocycles. The summed E-state index contributed by atoms with van der Waals surface area (Å²) in [6.07, 6.45) is 9.66. The molecule has 0 heterocycles. The van der Waals surface area contributed by atoms with Crippen LogP contribution in [0.4, 0.5) is 0 Å². The van der Waals surface area contributed by atoms with Crippen LogP contribution in [-0.2, 0) is 0 Å². The maximum atomic E-state index is 5.07. The molecular weight excluding hydrogens is 266 g/mol. The molecule has 1 unspecified atom stereocenters. The molecule has 1 nitrogen and oxygen atoms in total. The van der Waals surface area contributed by atoms with Crippen LogP contribution in [0.2, 0.25) is 0 Å². The fraction of sp³-hybridized carbons (Fsp3) is 0.381. The number of allylic oxidation sites excluding steroid dienone is 4. The Morgan fingerprint density at radius 1 is 1.14 bits per heavy atom. The highest BCUT2D eigenvalue weighted by Gasteiger charge is 2.21. The van der Waals surface area contributed by atoms with Crippen molar-refractivity contribution in [2.45, 2.75) is 47.1 Å². The van der Waals surface area contributed by atoms with E-state index in [9.17, 15) is 0 Å². The Balaban J connectivity index is 2.30. The second-order valence-electron chi connectivity index (χ2n) is 6.95. The van der Waals surface area contributed by atoms with Crippen LogP contribution in [0.1, 0.15) is 46.6 Å². The third-order valence-electron chi connectivity index (χ3n) is 4.02. The number of rotatable bonds is 3. The molecule has 2 rings (SSSR count). The van der Waals surface area contributed by atoms with Gasteiger partial charge in [0.25, 0.3) is 0 Å². The van der Waals surface area contributed by atoms with Crippen LogP contribution in [-0.4, -0.2) is 11.8 Å². The first-order valence-corrected chi connectivity index (χ1v) is 8.05. The van der Waals surface area contributed by atoms with E-state index >= 15 is 0 Å². The minimum Gasteiger partial charge on any atom is -0.281 e. The third kappa shape index (κ3) is 4.07. The zero-order valence-corrected chi connectivity index (χ0v) is 14.4. The molecule has 1 atom stereocenters. The molecule has 0 amide bonds. The van der Waals surface area contributed by atoms with Gasteiger partial charge in [-0.25, -0.2) is 0 Å². The lowest BCUT2D eigenvalue weighted by Gasteiger charge is -2.25. The first kappa shape index (κ1) is 16.5. The Kier molecular flexibility index (Phi) is 5.18. The van der Waals surface area contributed by atoms with Crippen LogP contribution in [0.5, 0.6) is 0 Å². The summed E-state index contributed by atoms with van der Waals surface area (Å²) in [5.41, 5.74) is 5.25. The number of hydrogen-bond acceptors (Lipinski definition) is 1. The number of benzene rings is 1. The van der Waals surface area contributed by atoms with Crippen LogP contribution in [0.3, 0.4) is 0 Å². The van der Waals surface area contributed by atoms with E-state index in [1.54, 1.807) is 0 Å². The van der Waals surface area contributed by atoms with Gasteiger partial charge in [-0.15, -0.1) is 0 Å². The monoisotopic (exact) mass is 293 g/mol. The van der Waals surface area contributed by atoms with E-state index in [-0.39, 0.29) is 11.5 Å². The Labute approximate surface area is 135 Å². The summed E-state index contributed by atoms with van der Waals surface area (Å²) in [6.45, 7) is 10.9. The van der Waals surface area contributed by atoms with Crippen LogP contribution in [0, 0.1) is 5.41 Å². The van der Waals surface area contributed by atoms with Crippen molar-refractivity contribution in [3.63, 3.8) is 0 Å². The van der Waals surface area contributed by atoms with Gasteiger partial charge in [0.2, 0.25) is 0 Å². The topological polar surface area (TPSA) is 12.4 Å². The van der Waals surface area contributed by atoms with Gasteiger partial charge < -0.3 is 0 Å². The predicted molar refractivity (Wildman–Crippen MR) is 98.3 cm³/mol. The first-order valence-electron chi connectivity index (χ1n) is 8.05. The molecule has 1 aliphatic rings. The van der Waals surface area contributed by atoms with E-state index in [4.69, 9.17) is 4.99 Å². The highest BCUT2D eigenvalue weighted by atomic mass is 14.8. The van der Waals surface area contributed by atoms with Gasteiger partial charge in [-0.05, 0) is 43.1 Å². The molecule has 0 fully saturated rings. The molecule has 0 N–H and O–H groups in total. The van der Waals surface area contributed by atoms with Crippen molar-refractivity contribution >= 4 is 11.3 Å². The Hall–Kier alpha value is -1.89. The molecule has 22 heavy (non-hydrogen) atoms. The van der Waals surface area contributed by atoms with E-state index < -0.39 is 0 Å². The number of hydrogen-bond donors (Lipinski definition) is 0. The van der Waals surface area contributed by atoms with E-state index in [2.05, 4.69) is 89.3 Å². The van der Waals surface area contributed by atoms with Gasteiger partial charge in [-0.3, -0.25) is 4.99 Å². The third-order valence-corrected chi connectivity index (χ3v) is 4.02. The lowest BCUT2D eigenvalue weighted by molar-refractivity contribution is 0.585. The van der Waals surface area contributed by atoms with Crippen molar-refractivity contribution in [2.75, 3.05) is 0 Å². The lowest BCUT2D eigenvalue weighted by atomic mass is 9.87. The molecule has 0 saturated carbocycles.